The monoisotopic (exact) mass is 1670 g/mol. The predicted molar refractivity (Wildman–Crippen MR) is 383 cm³/mol. The number of amides is 2. The van der Waals surface area contributed by atoms with E-state index in [0.29, 0.717) is 21.5 Å². The minimum absolute atomic E-state index is 0.0760. The number of anilines is 2. The van der Waals surface area contributed by atoms with Gasteiger partial charge < -0.3 is 20.1 Å². The van der Waals surface area contributed by atoms with Crippen LogP contribution in [0.15, 0.2) is 94.5 Å². The summed E-state index contributed by atoms with van der Waals surface area (Å²) in [5.41, 5.74) is -8.38. The van der Waals surface area contributed by atoms with Crippen molar-refractivity contribution in [2.24, 2.45) is 25.9 Å². The molecule has 8 aromatic heterocycles. The van der Waals surface area contributed by atoms with Crippen molar-refractivity contribution in [1.82, 2.24) is 78.8 Å². The highest BCUT2D eigenvalue weighted by molar-refractivity contribution is 7.92. The Morgan fingerprint density at radius 3 is 1.40 bits per heavy atom. The zero-order chi connectivity index (χ0) is 81.2. The molecule has 1 unspecified atom stereocenters. The van der Waals surface area contributed by atoms with Crippen LogP contribution >= 0.6 is 23.2 Å². The Morgan fingerprint density at radius 2 is 0.991 bits per heavy atom. The summed E-state index contributed by atoms with van der Waals surface area (Å²) in [4.78, 5) is 77.8. The molecule has 594 valence electrons. The molecular weight excluding hydrogens is 1620 g/mol. The Hall–Kier alpha value is -11.4. The van der Waals surface area contributed by atoms with E-state index in [1.54, 1.807) is 0 Å². The van der Waals surface area contributed by atoms with Crippen molar-refractivity contribution in [3.05, 3.63) is 196 Å². The highest BCUT2D eigenvalue weighted by Gasteiger charge is 2.68. The highest BCUT2D eigenvalue weighted by Crippen LogP contribution is 2.69. The number of hydrogen-bond acceptors (Lipinski definition) is 18. The van der Waals surface area contributed by atoms with Gasteiger partial charge in [0.15, 0.2) is 22.9 Å². The summed E-state index contributed by atoms with van der Waals surface area (Å²) in [5, 5.41) is 20.1. The summed E-state index contributed by atoms with van der Waals surface area (Å²) in [5.74, 6) is -22.1. The number of nitrogens with zero attached hydrogens (tertiary/aromatic N) is 14. The first-order valence-corrected chi connectivity index (χ1v) is 38.5. The first-order chi connectivity index (χ1) is 53.9. The van der Waals surface area contributed by atoms with Gasteiger partial charge in [0, 0.05) is 74.2 Å². The third-order valence-corrected chi connectivity index (χ3v) is 22.5. The number of carbonyl (C=O) groups excluding carboxylic acids is 2. The number of pyridine rings is 2. The van der Waals surface area contributed by atoms with Crippen LogP contribution in [0, 0.1) is 35.1 Å². The van der Waals surface area contributed by atoms with Crippen molar-refractivity contribution >= 4 is 111 Å². The molecule has 0 saturated heterocycles. The lowest BCUT2D eigenvalue weighted by atomic mass is 10.0. The van der Waals surface area contributed by atoms with Gasteiger partial charge in [-0.25, -0.2) is 61.9 Å². The number of rotatable bonds is 25. The summed E-state index contributed by atoms with van der Waals surface area (Å²) >= 11 is 13.6. The van der Waals surface area contributed by atoms with E-state index in [2.05, 4.69) is 55.4 Å². The maximum atomic E-state index is 15.9. The lowest BCUT2D eigenvalue weighted by Crippen LogP contribution is -2.38. The quantitative estimate of drug-likeness (QED) is 0.0386. The van der Waals surface area contributed by atoms with Crippen LogP contribution in [0.4, 0.5) is 64.3 Å². The zero-order valence-electron chi connectivity index (χ0n) is 58.8. The molecule has 4 aliphatic rings. The topological polar surface area (TPSA) is 336 Å². The lowest BCUT2D eigenvalue weighted by Gasteiger charge is -2.24. The number of methoxy groups -OCH3 is 1. The van der Waals surface area contributed by atoms with Gasteiger partial charge in [-0.2, -0.15) is 47.9 Å². The minimum atomic E-state index is -4.70. The Morgan fingerprint density at radius 1 is 0.579 bits per heavy atom. The van der Waals surface area contributed by atoms with Crippen LogP contribution in [0.5, 0.6) is 11.8 Å². The van der Waals surface area contributed by atoms with E-state index in [-0.39, 0.29) is 101 Å². The van der Waals surface area contributed by atoms with Gasteiger partial charge >= 0.3 is 0 Å². The highest BCUT2D eigenvalue weighted by atomic mass is 35.5. The minimum Gasteiger partial charge on any atom is -0.481 e. The van der Waals surface area contributed by atoms with Crippen LogP contribution in [0.1, 0.15) is 106 Å². The Balaban J connectivity index is 0.742. The number of benzene rings is 4. The molecule has 0 aliphatic heterocycles. The number of fused-ring (bicyclic) bond motifs is 10. The van der Waals surface area contributed by atoms with Crippen molar-refractivity contribution in [3.63, 3.8) is 0 Å². The normalized spacial score (nSPS) is 17.7. The number of ether oxygens (including phenoxy) is 2. The van der Waals surface area contributed by atoms with Gasteiger partial charge in [-0.15, -0.1) is 0 Å². The second kappa shape index (κ2) is 27.7. The van der Waals surface area contributed by atoms with Crippen molar-refractivity contribution in [1.29, 1.82) is 0 Å². The van der Waals surface area contributed by atoms with E-state index in [9.17, 15) is 44.0 Å². The number of sulfonamides is 2. The first kappa shape index (κ1) is 76.6. The molecule has 16 rings (SSSR count). The van der Waals surface area contributed by atoms with Crippen molar-refractivity contribution in [2.45, 2.75) is 87.4 Å². The first-order valence-electron chi connectivity index (χ1n) is 34.2. The van der Waals surface area contributed by atoms with Crippen LogP contribution in [-0.4, -0.2) is 123 Å². The molecule has 44 heteroatoms. The summed E-state index contributed by atoms with van der Waals surface area (Å²) in [6.45, 7) is -3.07. The van der Waals surface area contributed by atoms with Crippen molar-refractivity contribution in [3.8, 4) is 23.1 Å². The molecule has 2 saturated carbocycles. The number of aromatic nitrogens is 14. The molecule has 2 amide bonds. The van der Waals surface area contributed by atoms with Gasteiger partial charge in [-0.05, 0) is 96.5 Å². The SMILES string of the molecule is COc1ccc2c(=O)n(-c3ccc(Cl)c4c(NS(=O)(=O)CCOc5ccc6c(=O)n(-c7ccc(Cl)c8c(NS(C)(=O)=O)nn(C)c78)c([C@H](Cc7cc(F)cc(F)c7)NC(=O)Cn7nc(C(F)F)c8c7C(F)(F)[C@@H]7C[C@H]87)nc6n5)nn(C)c34)c(C(Cc3cc(F)cc(F)c3)NC(=O)Cn3nc(C(F)F)c4c3C(F)(F)[C@@H]3C[C@H]43)nc2n1. The number of halogens is 14. The largest absolute Gasteiger partial charge is 0.481 e. The van der Waals surface area contributed by atoms with Crippen LogP contribution < -0.4 is 40.7 Å². The molecule has 0 bridgehead atoms. The maximum absolute atomic E-state index is 15.9. The molecule has 4 N–H and O–H groups in total. The Kier molecular flexibility index (Phi) is 18.6. The second-order valence-corrected chi connectivity index (χ2v) is 32.1. The fraction of sp³-hybridized carbons (Fsp3) is 0.314. The number of nitrogens with one attached hydrogen (secondary N) is 4. The van der Waals surface area contributed by atoms with Crippen LogP contribution in [-0.2, 0) is 81.5 Å². The molecule has 28 nitrogen and oxygen atoms in total. The third-order valence-electron chi connectivity index (χ3n) is 20.1. The van der Waals surface area contributed by atoms with E-state index in [0.717, 1.165) is 61.2 Å². The molecule has 114 heavy (non-hydrogen) atoms. The number of hydrogen-bond donors (Lipinski definition) is 4. The molecule has 8 heterocycles. The summed E-state index contributed by atoms with van der Waals surface area (Å²) in [6, 6.07) is 10.8. The summed E-state index contributed by atoms with van der Waals surface area (Å²) in [7, 11) is -4.90. The molecule has 4 aromatic carbocycles. The molecular formula is C70H54Cl2F12N18O10S2. The molecule has 0 spiro atoms. The van der Waals surface area contributed by atoms with Crippen molar-refractivity contribution < 1.29 is 88.6 Å². The van der Waals surface area contributed by atoms with E-state index >= 15 is 44.7 Å². The fourth-order valence-corrected chi connectivity index (χ4v) is 17.2. The molecule has 6 atom stereocenters. The maximum Gasteiger partial charge on any atom is 0.293 e. The summed E-state index contributed by atoms with van der Waals surface area (Å²) < 4.78 is 256. The Labute approximate surface area is 642 Å². The van der Waals surface area contributed by atoms with E-state index in [4.69, 9.17) is 37.7 Å². The van der Waals surface area contributed by atoms with E-state index < -0.39 is 222 Å². The standard InChI is InChI=1S/C70H54Cl2F12N18O10S2/c1-97-55-43(9-7-39(71)51(55)63(93-97)95-113(4,107)108)101-66(42(20-28-17-31(75)22-32(76)18-28)86-46(104)26-100-58-50(54(92-100)60(79)80)36-24-38(36)70(58,83)84)90-62-34(68(101)106)6-12-48(88-62)112-13-14-114(109,110)96-64-52-40(72)8-10-44(56(52)98(2)94-64)102-65(89-61-33(67(102)105)5-11-47(87-61)111-3)41(19-27-15-29(73)21-30(74)16-27)85-45(103)25-99-57-49(53(91-99)59(77)78)35-23-37(35)69(57,81)82/h5-12,15-18,21-22,35-38,41-42,59-60H,13-14,19-20,23-26H2,1-4H3,(H,85,103)(H,86,104)(H,93,95)(H,94,96)/t35-,36-,37+,38+,41?,42-/m0/s1. The van der Waals surface area contributed by atoms with Crippen molar-refractivity contribution in [2.75, 3.05) is 35.2 Å². The third kappa shape index (κ3) is 13.5. The molecule has 12 aromatic rings. The Bertz CT molecular complexity index is 6460. The molecule has 2 fully saturated rings. The predicted octanol–water partition coefficient (Wildman–Crippen LogP) is 10.6. The average Bonchev–Trinajstić information content (AvgIpc) is 1.52. The zero-order valence-corrected chi connectivity index (χ0v) is 62.0. The number of aryl methyl sites for hydroxylation is 2. The fourth-order valence-electron chi connectivity index (χ4n) is 15.4. The lowest BCUT2D eigenvalue weighted by molar-refractivity contribution is -0.123. The van der Waals surface area contributed by atoms with Crippen LogP contribution in [0.2, 0.25) is 10.0 Å². The van der Waals surface area contributed by atoms with Gasteiger partial charge in [-0.1, -0.05) is 23.2 Å². The number of carbonyl (C=O) groups is 2. The smallest absolute Gasteiger partial charge is 0.293 e. The van der Waals surface area contributed by atoms with E-state index in [1.165, 1.54) is 57.6 Å². The van der Waals surface area contributed by atoms with Gasteiger partial charge in [0.2, 0.25) is 43.6 Å². The van der Waals surface area contributed by atoms with Gasteiger partial charge in [0.05, 0.1) is 79.4 Å². The second-order valence-electron chi connectivity index (χ2n) is 27.7. The van der Waals surface area contributed by atoms with E-state index in [1.807, 2.05) is 0 Å². The van der Waals surface area contributed by atoms with Gasteiger partial charge in [-0.3, -0.25) is 56.5 Å². The molecule has 0 radical (unpaired) electrons. The van der Waals surface area contributed by atoms with Crippen LogP contribution in [0.25, 0.3) is 55.2 Å². The average molecular weight is 1670 g/mol. The van der Waals surface area contributed by atoms with Crippen LogP contribution in [0.3, 0.4) is 0 Å². The summed E-state index contributed by atoms with van der Waals surface area (Å²) in [6.07, 6.45) is -7.38. The molecule has 4 aliphatic carbocycles. The van der Waals surface area contributed by atoms with Gasteiger partial charge in [0.1, 0.15) is 83.1 Å². The number of alkyl halides is 8. The van der Waals surface area contributed by atoms with Gasteiger partial charge in [0.25, 0.3) is 35.8 Å².